The van der Waals surface area contributed by atoms with Gasteiger partial charge in [0.05, 0.1) is 29.8 Å². The van der Waals surface area contributed by atoms with Gasteiger partial charge in [-0.05, 0) is 48.7 Å². The molecule has 9 nitrogen and oxygen atoms in total. The van der Waals surface area contributed by atoms with Crippen LogP contribution >= 0.6 is 11.3 Å². The van der Waals surface area contributed by atoms with E-state index < -0.39 is 11.8 Å². The highest BCUT2D eigenvalue weighted by Gasteiger charge is 2.17. The number of nitrogens with zero attached hydrogens (tertiary/aromatic N) is 2. The van der Waals surface area contributed by atoms with Gasteiger partial charge in [-0.15, -0.1) is 11.3 Å². The number of aryl methyl sites for hydroxylation is 1. The molecule has 4 aromatic rings. The number of H-pyrrole nitrogens is 1. The standard InChI is InChI=1S/C21H19N5O4S/c1-12-15(22-21(30-12)18-4-3-9-31-18)11-19(27)25-26-20(28)17-10-16(23-24-17)13-5-7-14(29-2)8-6-13/h3-10H,11H2,1-2H3,(H,23,24)(H,25,27)(H,26,28). The number of ether oxygens (including phenoxy) is 1. The third-order valence-electron chi connectivity index (χ3n) is 4.48. The molecule has 0 aliphatic rings. The molecule has 3 aromatic heterocycles. The molecular weight excluding hydrogens is 418 g/mol. The minimum Gasteiger partial charge on any atom is -0.497 e. The summed E-state index contributed by atoms with van der Waals surface area (Å²) in [5.41, 5.74) is 6.90. The van der Waals surface area contributed by atoms with E-state index >= 15 is 0 Å². The lowest BCUT2D eigenvalue weighted by Crippen LogP contribution is -2.42. The maximum Gasteiger partial charge on any atom is 0.287 e. The van der Waals surface area contributed by atoms with Crippen molar-refractivity contribution in [1.82, 2.24) is 26.0 Å². The summed E-state index contributed by atoms with van der Waals surface area (Å²) in [4.78, 5) is 29.8. The third-order valence-corrected chi connectivity index (χ3v) is 5.33. The number of carbonyl (C=O) groups excluding carboxylic acids is 2. The van der Waals surface area contributed by atoms with E-state index in [9.17, 15) is 9.59 Å². The molecule has 2 amide bonds. The number of benzene rings is 1. The van der Waals surface area contributed by atoms with Crippen LogP contribution in [-0.4, -0.2) is 34.1 Å². The Hall–Kier alpha value is -3.92. The van der Waals surface area contributed by atoms with E-state index in [0.717, 1.165) is 16.2 Å². The fourth-order valence-electron chi connectivity index (χ4n) is 2.84. The smallest absolute Gasteiger partial charge is 0.287 e. The normalized spacial score (nSPS) is 10.6. The Morgan fingerprint density at radius 2 is 2.00 bits per heavy atom. The quantitative estimate of drug-likeness (QED) is 0.399. The Labute approximate surface area is 181 Å². The van der Waals surface area contributed by atoms with Crippen LogP contribution in [0.2, 0.25) is 0 Å². The zero-order valence-corrected chi connectivity index (χ0v) is 17.6. The van der Waals surface area contributed by atoms with Gasteiger partial charge in [-0.2, -0.15) is 5.10 Å². The number of carbonyl (C=O) groups is 2. The van der Waals surface area contributed by atoms with E-state index in [0.29, 0.717) is 23.0 Å². The molecule has 10 heteroatoms. The Balaban J connectivity index is 1.33. The van der Waals surface area contributed by atoms with E-state index in [1.165, 1.54) is 11.3 Å². The highest BCUT2D eigenvalue weighted by Crippen LogP contribution is 2.26. The van der Waals surface area contributed by atoms with E-state index in [4.69, 9.17) is 9.15 Å². The van der Waals surface area contributed by atoms with Gasteiger partial charge in [0.15, 0.2) is 0 Å². The number of hydrogen-bond donors (Lipinski definition) is 3. The van der Waals surface area contributed by atoms with Gasteiger partial charge < -0.3 is 9.15 Å². The maximum atomic E-state index is 12.3. The summed E-state index contributed by atoms with van der Waals surface area (Å²) < 4.78 is 10.8. The van der Waals surface area contributed by atoms with Gasteiger partial charge in [-0.1, -0.05) is 6.07 Å². The van der Waals surface area contributed by atoms with Gasteiger partial charge in [-0.25, -0.2) is 4.98 Å². The van der Waals surface area contributed by atoms with Crippen molar-refractivity contribution in [3.63, 3.8) is 0 Å². The van der Waals surface area contributed by atoms with Gasteiger partial charge in [-0.3, -0.25) is 25.5 Å². The molecule has 0 spiro atoms. The number of oxazole rings is 1. The molecule has 0 bridgehead atoms. The summed E-state index contributed by atoms with van der Waals surface area (Å²) in [6.07, 6.45) is -0.0267. The first-order valence-corrected chi connectivity index (χ1v) is 10.2. The summed E-state index contributed by atoms with van der Waals surface area (Å²) in [6, 6.07) is 12.7. The second-order valence-electron chi connectivity index (χ2n) is 6.57. The second kappa shape index (κ2) is 8.84. The van der Waals surface area contributed by atoms with Crippen LogP contribution in [0.1, 0.15) is 21.9 Å². The Morgan fingerprint density at radius 3 is 2.71 bits per heavy atom. The van der Waals surface area contributed by atoms with E-state index in [2.05, 4.69) is 26.0 Å². The number of thiophene rings is 1. The highest BCUT2D eigenvalue weighted by molar-refractivity contribution is 7.13. The molecule has 0 atom stereocenters. The molecule has 0 saturated heterocycles. The van der Waals surface area contributed by atoms with Crippen LogP contribution in [0, 0.1) is 6.92 Å². The van der Waals surface area contributed by atoms with E-state index in [1.54, 1.807) is 32.2 Å². The minimum absolute atomic E-state index is 0.0267. The van der Waals surface area contributed by atoms with Gasteiger partial charge in [0.1, 0.15) is 17.2 Å². The van der Waals surface area contributed by atoms with E-state index in [-0.39, 0.29) is 12.1 Å². The van der Waals surface area contributed by atoms with Crippen molar-refractivity contribution >= 4 is 23.2 Å². The SMILES string of the molecule is COc1ccc(-c2cc(C(=O)NNC(=O)Cc3nc(-c4cccs4)oc3C)[nH]n2)cc1. The van der Waals surface area contributed by atoms with Crippen LogP contribution in [0.4, 0.5) is 0 Å². The maximum absolute atomic E-state index is 12.3. The number of amides is 2. The van der Waals surface area contributed by atoms with Crippen molar-refractivity contribution in [2.45, 2.75) is 13.3 Å². The number of hydrazine groups is 1. The lowest BCUT2D eigenvalue weighted by molar-refractivity contribution is -0.121. The monoisotopic (exact) mass is 437 g/mol. The molecule has 3 heterocycles. The first-order chi connectivity index (χ1) is 15.0. The van der Waals surface area contributed by atoms with Crippen LogP contribution < -0.4 is 15.6 Å². The average molecular weight is 437 g/mol. The first-order valence-electron chi connectivity index (χ1n) is 9.32. The van der Waals surface area contributed by atoms with Gasteiger partial charge in [0.25, 0.3) is 5.91 Å². The molecule has 0 radical (unpaired) electrons. The fourth-order valence-corrected chi connectivity index (χ4v) is 3.48. The molecule has 0 aliphatic carbocycles. The predicted octanol–water partition coefficient (Wildman–Crippen LogP) is 3.11. The number of rotatable bonds is 6. The number of nitrogens with one attached hydrogen (secondary N) is 3. The molecule has 3 N–H and O–H groups in total. The summed E-state index contributed by atoms with van der Waals surface area (Å²) in [5, 5.41) is 8.72. The third kappa shape index (κ3) is 4.64. The Bertz CT molecular complexity index is 1200. The van der Waals surface area contributed by atoms with Crippen LogP contribution in [0.25, 0.3) is 22.0 Å². The topological polar surface area (TPSA) is 122 Å². The van der Waals surface area contributed by atoms with Gasteiger partial charge in [0.2, 0.25) is 11.8 Å². The molecule has 0 unspecified atom stereocenters. The Kier molecular flexibility index (Phi) is 5.80. The molecule has 1 aromatic carbocycles. The average Bonchev–Trinajstić information content (AvgIpc) is 3.54. The minimum atomic E-state index is -0.517. The number of aromatic amines is 1. The lowest BCUT2D eigenvalue weighted by Gasteiger charge is -2.05. The molecule has 0 fully saturated rings. The van der Waals surface area contributed by atoms with Crippen molar-refractivity contribution in [2.75, 3.05) is 7.11 Å². The van der Waals surface area contributed by atoms with Gasteiger partial charge in [0, 0.05) is 5.56 Å². The largest absolute Gasteiger partial charge is 0.497 e. The molecular formula is C21H19N5O4S. The summed E-state index contributed by atoms with van der Waals surface area (Å²) in [7, 11) is 1.59. The lowest BCUT2D eigenvalue weighted by atomic mass is 10.1. The van der Waals surface area contributed by atoms with Crippen LogP contribution in [-0.2, 0) is 11.2 Å². The van der Waals surface area contributed by atoms with Crippen molar-refractivity contribution in [3.05, 3.63) is 65.0 Å². The fraction of sp³-hybridized carbons (Fsp3) is 0.143. The second-order valence-corrected chi connectivity index (χ2v) is 7.52. The van der Waals surface area contributed by atoms with Gasteiger partial charge >= 0.3 is 0 Å². The molecule has 0 saturated carbocycles. The van der Waals surface area contributed by atoms with Crippen molar-refractivity contribution in [1.29, 1.82) is 0 Å². The summed E-state index contributed by atoms with van der Waals surface area (Å²) in [6.45, 7) is 1.75. The summed E-state index contributed by atoms with van der Waals surface area (Å²) >= 11 is 1.50. The molecule has 31 heavy (non-hydrogen) atoms. The number of methoxy groups -OCH3 is 1. The number of aromatic nitrogens is 3. The highest BCUT2D eigenvalue weighted by atomic mass is 32.1. The molecule has 158 valence electrons. The first kappa shape index (κ1) is 20.4. The number of hydrogen-bond acceptors (Lipinski definition) is 7. The predicted molar refractivity (Wildman–Crippen MR) is 114 cm³/mol. The Morgan fingerprint density at radius 1 is 1.19 bits per heavy atom. The van der Waals surface area contributed by atoms with Crippen LogP contribution in [0.3, 0.4) is 0 Å². The summed E-state index contributed by atoms with van der Waals surface area (Å²) in [5.74, 6) is 0.824. The van der Waals surface area contributed by atoms with Crippen molar-refractivity contribution < 1.29 is 18.7 Å². The van der Waals surface area contributed by atoms with Crippen LogP contribution in [0.5, 0.6) is 5.75 Å². The van der Waals surface area contributed by atoms with Crippen molar-refractivity contribution in [3.8, 4) is 27.8 Å². The zero-order chi connectivity index (χ0) is 21.8. The zero-order valence-electron chi connectivity index (χ0n) is 16.8. The van der Waals surface area contributed by atoms with Crippen LogP contribution in [0.15, 0.2) is 52.3 Å². The van der Waals surface area contributed by atoms with E-state index in [1.807, 2.05) is 29.6 Å². The van der Waals surface area contributed by atoms with Crippen molar-refractivity contribution in [2.24, 2.45) is 0 Å². The molecule has 4 rings (SSSR count). The molecule has 0 aliphatic heterocycles.